The van der Waals surface area contributed by atoms with Crippen LogP contribution in [0, 0.1) is 0 Å². The second kappa shape index (κ2) is 7.76. The number of carbonyl (C=O) groups is 4. The third-order valence-electron chi connectivity index (χ3n) is 4.01. The van der Waals surface area contributed by atoms with Crippen LogP contribution in [0.25, 0.3) is 5.65 Å². The van der Waals surface area contributed by atoms with Crippen LogP contribution in [0.15, 0.2) is 36.7 Å². The Morgan fingerprint density at radius 1 is 1.21 bits per heavy atom. The largest absolute Gasteiger partial charge is 0.477 e. The summed E-state index contributed by atoms with van der Waals surface area (Å²) in [6.45, 7) is 0.0947. The molecule has 11 heteroatoms. The molecule has 0 saturated heterocycles. The van der Waals surface area contributed by atoms with Crippen LogP contribution < -0.4 is 11.1 Å². The molecule has 0 saturated carbocycles. The van der Waals surface area contributed by atoms with Gasteiger partial charge in [-0.05, 0) is 17.7 Å². The maximum Gasteiger partial charge on any atom is 0.353 e. The zero-order valence-corrected chi connectivity index (χ0v) is 15.1. The van der Waals surface area contributed by atoms with Gasteiger partial charge in [0.2, 0.25) is 0 Å². The molecular formula is C18H15N5O6. The Hall–Kier alpha value is -4.28. The van der Waals surface area contributed by atoms with E-state index < -0.39 is 23.8 Å². The van der Waals surface area contributed by atoms with Crippen molar-refractivity contribution >= 4 is 29.4 Å². The Bertz CT molecular complexity index is 1140. The number of hydrogen-bond acceptors (Lipinski definition) is 7. The van der Waals surface area contributed by atoms with Crippen molar-refractivity contribution in [3.63, 3.8) is 0 Å². The van der Waals surface area contributed by atoms with Crippen molar-refractivity contribution in [2.45, 2.75) is 6.54 Å². The number of primary amides is 1. The molecule has 0 fully saturated rings. The molecule has 0 bridgehead atoms. The number of carbonyl (C=O) groups excluding carboxylic acids is 3. The van der Waals surface area contributed by atoms with E-state index in [0.717, 1.165) is 16.8 Å². The highest BCUT2D eigenvalue weighted by atomic mass is 16.5. The number of fused-ring (bicyclic) bond motifs is 1. The number of nitrogens with two attached hydrogens (primary N) is 1. The monoisotopic (exact) mass is 397 g/mol. The molecule has 3 rings (SSSR count). The lowest BCUT2D eigenvalue weighted by atomic mass is 10.1. The van der Waals surface area contributed by atoms with Gasteiger partial charge in [0.05, 0.1) is 12.7 Å². The molecule has 2 aromatic heterocycles. The molecule has 0 aliphatic carbocycles. The van der Waals surface area contributed by atoms with Gasteiger partial charge in [0.1, 0.15) is 17.7 Å². The SMILES string of the molecule is COC(=O)c1ccc(CNC(=O)c2cc(C(=O)O)n3cnc(C(N)=O)c3n2)cc1. The summed E-state index contributed by atoms with van der Waals surface area (Å²) >= 11 is 0. The summed E-state index contributed by atoms with van der Waals surface area (Å²) in [5, 5.41) is 12.0. The van der Waals surface area contributed by atoms with Crippen LogP contribution in [0.4, 0.5) is 0 Å². The average molecular weight is 397 g/mol. The second-order valence-corrected chi connectivity index (χ2v) is 5.85. The van der Waals surface area contributed by atoms with E-state index in [1.165, 1.54) is 7.11 Å². The average Bonchev–Trinajstić information content (AvgIpc) is 3.15. The van der Waals surface area contributed by atoms with Gasteiger partial charge < -0.3 is 20.9 Å². The van der Waals surface area contributed by atoms with Gasteiger partial charge in [0.25, 0.3) is 11.8 Å². The second-order valence-electron chi connectivity index (χ2n) is 5.85. The van der Waals surface area contributed by atoms with Crippen LogP contribution in [-0.4, -0.2) is 50.3 Å². The molecule has 0 radical (unpaired) electrons. The zero-order valence-electron chi connectivity index (χ0n) is 15.1. The summed E-state index contributed by atoms with van der Waals surface area (Å²) in [5.41, 5.74) is 5.36. The number of hydrogen-bond donors (Lipinski definition) is 3. The molecule has 0 unspecified atom stereocenters. The van der Waals surface area contributed by atoms with Crippen LogP contribution in [0.3, 0.4) is 0 Å². The molecule has 0 aliphatic heterocycles. The minimum absolute atomic E-state index is 0.0947. The number of amides is 2. The summed E-state index contributed by atoms with van der Waals surface area (Å²) in [5.74, 6) is -3.38. The topological polar surface area (TPSA) is 166 Å². The smallest absolute Gasteiger partial charge is 0.353 e. The lowest BCUT2D eigenvalue weighted by Crippen LogP contribution is -2.25. The molecule has 0 aliphatic rings. The van der Waals surface area contributed by atoms with E-state index in [2.05, 4.69) is 20.0 Å². The molecule has 2 amide bonds. The zero-order chi connectivity index (χ0) is 21.1. The van der Waals surface area contributed by atoms with Gasteiger partial charge in [0, 0.05) is 12.6 Å². The Balaban J connectivity index is 1.85. The highest BCUT2D eigenvalue weighted by Gasteiger charge is 2.21. The predicted molar refractivity (Wildman–Crippen MR) is 97.4 cm³/mol. The molecule has 11 nitrogen and oxygen atoms in total. The number of carboxylic acid groups (broad SMARTS) is 1. The Morgan fingerprint density at radius 3 is 2.48 bits per heavy atom. The van der Waals surface area contributed by atoms with E-state index >= 15 is 0 Å². The molecule has 29 heavy (non-hydrogen) atoms. The summed E-state index contributed by atoms with van der Waals surface area (Å²) < 4.78 is 5.67. The van der Waals surface area contributed by atoms with E-state index in [4.69, 9.17) is 5.73 Å². The first-order valence-electron chi connectivity index (χ1n) is 8.18. The predicted octanol–water partition coefficient (Wildman–Crippen LogP) is 0.243. The maximum atomic E-state index is 12.5. The number of esters is 1. The molecule has 2 heterocycles. The fourth-order valence-electron chi connectivity index (χ4n) is 2.57. The van der Waals surface area contributed by atoms with Crippen molar-refractivity contribution in [3.05, 3.63) is 64.9 Å². The summed E-state index contributed by atoms with van der Waals surface area (Å²) in [4.78, 5) is 54.7. The van der Waals surface area contributed by atoms with E-state index in [0.29, 0.717) is 11.1 Å². The number of ether oxygens (including phenoxy) is 1. The van der Waals surface area contributed by atoms with Gasteiger partial charge in [-0.25, -0.2) is 19.6 Å². The Labute approximate surface area is 163 Å². The molecule has 0 atom stereocenters. The van der Waals surface area contributed by atoms with Crippen LogP contribution >= 0.6 is 0 Å². The lowest BCUT2D eigenvalue weighted by Gasteiger charge is -2.08. The van der Waals surface area contributed by atoms with Crippen LogP contribution in [-0.2, 0) is 11.3 Å². The van der Waals surface area contributed by atoms with Crippen molar-refractivity contribution in [1.82, 2.24) is 19.7 Å². The number of nitrogens with zero attached hydrogens (tertiary/aromatic N) is 3. The number of carboxylic acids is 1. The number of methoxy groups -OCH3 is 1. The van der Waals surface area contributed by atoms with E-state index in [1.54, 1.807) is 24.3 Å². The van der Waals surface area contributed by atoms with Gasteiger partial charge in [0.15, 0.2) is 11.3 Å². The van der Waals surface area contributed by atoms with Crippen molar-refractivity contribution in [2.75, 3.05) is 7.11 Å². The number of aromatic carboxylic acids is 1. The quantitative estimate of drug-likeness (QED) is 0.497. The minimum atomic E-state index is -1.33. The summed E-state index contributed by atoms with van der Waals surface area (Å²) in [6.07, 6.45) is 1.09. The number of benzene rings is 1. The van der Waals surface area contributed by atoms with Crippen molar-refractivity contribution < 1.29 is 29.0 Å². The fraction of sp³-hybridized carbons (Fsp3) is 0.111. The number of nitrogens with one attached hydrogen (secondary N) is 1. The first kappa shape index (κ1) is 19.5. The standard InChI is InChI=1S/C18H15N5O6/c1-29-18(28)10-4-2-9(3-5-10)7-20-16(25)11-6-12(17(26)27)23-8-21-13(14(19)24)15(23)22-11/h2-6,8H,7H2,1H3,(H2,19,24)(H,20,25)(H,26,27). The van der Waals surface area contributed by atoms with Gasteiger partial charge in [-0.2, -0.15) is 0 Å². The van der Waals surface area contributed by atoms with Crippen LogP contribution in [0.1, 0.15) is 47.4 Å². The fourth-order valence-corrected chi connectivity index (χ4v) is 2.57. The van der Waals surface area contributed by atoms with Gasteiger partial charge in [-0.15, -0.1) is 0 Å². The van der Waals surface area contributed by atoms with Gasteiger partial charge in [-0.3, -0.25) is 14.0 Å². The van der Waals surface area contributed by atoms with Gasteiger partial charge >= 0.3 is 11.9 Å². The van der Waals surface area contributed by atoms with E-state index in [-0.39, 0.29) is 29.3 Å². The minimum Gasteiger partial charge on any atom is -0.477 e. The summed E-state index contributed by atoms with van der Waals surface area (Å²) in [6, 6.07) is 7.43. The van der Waals surface area contributed by atoms with E-state index in [9.17, 15) is 24.3 Å². The number of imidazole rings is 1. The molecule has 148 valence electrons. The third kappa shape index (κ3) is 3.88. The molecule has 0 spiro atoms. The van der Waals surface area contributed by atoms with Crippen LogP contribution in [0.5, 0.6) is 0 Å². The first-order chi connectivity index (χ1) is 13.8. The van der Waals surface area contributed by atoms with Crippen molar-refractivity contribution in [1.29, 1.82) is 0 Å². The highest BCUT2D eigenvalue weighted by molar-refractivity contribution is 6.00. The number of rotatable bonds is 6. The van der Waals surface area contributed by atoms with Crippen LogP contribution in [0.2, 0.25) is 0 Å². The molecule has 4 N–H and O–H groups in total. The molecular weight excluding hydrogens is 382 g/mol. The van der Waals surface area contributed by atoms with E-state index in [1.807, 2.05) is 0 Å². The molecule has 3 aromatic rings. The Kier molecular flexibility index (Phi) is 5.21. The Morgan fingerprint density at radius 2 is 1.90 bits per heavy atom. The van der Waals surface area contributed by atoms with Crippen molar-refractivity contribution in [3.8, 4) is 0 Å². The number of aromatic nitrogens is 3. The van der Waals surface area contributed by atoms with Crippen molar-refractivity contribution in [2.24, 2.45) is 5.73 Å². The molecule has 1 aromatic carbocycles. The lowest BCUT2D eigenvalue weighted by molar-refractivity contribution is 0.0599. The summed E-state index contributed by atoms with van der Waals surface area (Å²) in [7, 11) is 1.27. The highest BCUT2D eigenvalue weighted by Crippen LogP contribution is 2.13. The normalized spacial score (nSPS) is 10.5. The maximum absolute atomic E-state index is 12.5. The first-order valence-corrected chi connectivity index (χ1v) is 8.18. The van der Waals surface area contributed by atoms with Gasteiger partial charge in [-0.1, -0.05) is 12.1 Å². The third-order valence-corrected chi connectivity index (χ3v) is 4.01.